The summed E-state index contributed by atoms with van der Waals surface area (Å²) in [5, 5.41) is 5.76. The van der Waals surface area contributed by atoms with Crippen molar-refractivity contribution < 1.29 is 18.7 Å². The van der Waals surface area contributed by atoms with Crippen LogP contribution < -0.4 is 25.8 Å². The van der Waals surface area contributed by atoms with E-state index in [9.17, 15) is 9.18 Å². The van der Waals surface area contributed by atoms with E-state index in [2.05, 4.69) is 22.2 Å². The maximum atomic E-state index is 13.7. The van der Waals surface area contributed by atoms with Gasteiger partial charge in [0.15, 0.2) is 23.1 Å². The number of rotatable bonds is 5. The molecule has 0 atom stereocenters. The molecule has 30 heavy (non-hydrogen) atoms. The molecule has 0 bridgehead atoms. The molecule has 1 aromatic carbocycles. The standard InChI is InChI=1S/C22H23FN4O3/c1-6-13(23)9-11(2)12(3)14-7-8-16-18(19(14)29-5)27-17-15(22(28)25-4)10-26-21(24)20(17)30-16/h6-10,27H,3H2,1-2,4-5H3,(H2,24,26)(H,25,28)/b11-9-,13-6+. The molecule has 1 aliphatic rings. The maximum Gasteiger partial charge on any atom is 0.254 e. The van der Waals surface area contributed by atoms with E-state index in [0.717, 1.165) is 0 Å². The Balaban J connectivity index is 2.13. The van der Waals surface area contributed by atoms with Gasteiger partial charge in [-0.1, -0.05) is 12.7 Å². The van der Waals surface area contributed by atoms with Crippen molar-refractivity contribution in [3.8, 4) is 17.2 Å². The number of carbonyl (C=O) groups excluding carboxylic acids is 1. The lowest BCUT2D eigenvalue weighted by Crippen LogP contribution is -2.21. The molecule has 0 fully saturated rings. The average molecular weight is 410 g/mol. The number of nitrogens with two attached hydrogens (primary N) is 1. The van der Waals surface area contributed by atoms with Crippen molar-refractivity contribution in [1.82, 2.24) is 10.3 Å². The molecule has 156 valence electrons. The zero-order valence-corrected chi connectivity index (χ0v) is 17.2. The van der Waals surface area contributed by atoms with E-state index in [1.54, 1.807) is 26.0 Å². The van der Waals surface area contributed by atoms with E-state index in [4.69, 9.17) is 15.2 Å². The number of amides is 1. The van der Waals surface area contributed by atoms with Crippen LogP contribution in [0, 0.1) is 0 Å². The Morgan fingerprint density at radius 1 is 1.37 bits per heavy atom. The highest BCUT2D eigenvalue weighted by Gasteiger charge is 2.29. The SMILES string of the molecule is C=C(/C(C)=C\C(F)=C/C)c1ccc2c(c1OC)Nc1c(C(=O)NC)cnc(N)c1O2. The molecular formula is C22H23FN4O3. The summed E-state index contributed by atoms with van der Waals surface area (Å²) in [5.41, 5.74) is 8.97. The number of ether oxygens (including phenoxy) is 2. The Labute approximate surface area is 174 Å². The summed E-state index contributed by atoms with van der Waals surface area (Å²) >= 11 is 0. The normalized spacial score (nSPS) is 12.8. The molecule has 0 saturated carbocycles. The van der Waals surface area contributed by atoms with Gasteiger partial charge in [0.2, 0.25) is 0 Å². The lowest BCUT2D eigenvalue weighted by Gasteiger charge is -2.27. The minimum absolute atomic E-state index is 0.142. The number of fused-ring (bicyclic) bond motifs is 2. The number of hydrogen-bond donors (Lipinski definition) is 3. The molecular weight excluding hydrogens is 387 g/mol. The number of benzene rings is 1. The maximum absolute atomic E-state index is 13.7. The molecule has 0 unspecified atom stereocenters. The Morgan fingerprint density at radius 2 is 2.10 bits per heavy atom. The number of pyridine rings is 1. The number of allylic oxidation sites excluding steroid dienone is 5. The van der Waals surface area contributed by atoms with Gasteiger partial charge in [-0.2, -0.15) is 0 Å². The van der Waals surface area contributed by atoms with Crippen LogP contribution in [-0.4, -0.2) is 25.0 Å². The van der Waals surface area contributed by atoms with Crippen molar-refractivity contribution in [2.75, 3.05) is 25.2 Å². The lowest BCUT2D eigenvalue weighted by atomic mass is 9.97. The van der Waals surface area contributed by atoms with Crippen molar-refractivity contribution in [3.05, 3.63) is 59.6 Å². The summed E-state index contributed by atoms with van der Waals surface area (Å²) < 4.78 is 25.3. The first-order chi connectivity index (χ1) is 14.3. The van der Waals surface area contributed by atoms with Crippen molar-refractivity contribution in [2.45, 2.75) is 13.8 Å². The van der Waals surface area contributed by atoms with Crippen LogP contribution in [0.3, 0.4) is 0 Å². The topological polar surface area (TPSA) is 98.5 Å². The average Bonchev–Trinajstić information content (AvgIpc) is 2.76. The van der Waals surface area contributed by atoms with E-state index in [-0.39, 0.29) is 28.9 Å². The molecule has 1 amide bonds. The van der Waals surface area contributed by atoms with Gasteiger partial charge < -0.3 is 25.8 Å². The van der Waals surface area contributed by atoms with Gasteiger partial charge in [0.25, 0.3) is 5.91 Å². The number of carbonyl (C=O) groups is 1. The highest BCUT2D eigenvalue weighted by atomic mass is 19.1. The third-order valence-electron chi connectivity index (χ3n) is 4.75. The van der Waals surface area contributed by atoms with Gasteiger partial charge in [-0.3, -0.25) is 4.79 Å². The summed E-state index contributed by atoms with van der Waals surface area (Å²) in [6.07, 6.45) is 4.14. The van der Waals surface area contributed by atoms with E-state index in [1.165, 1.54) is 32.5 Å². The molecule has 1 aliphatic heterocycles. The van der Waals surface area contributed by atoms with Crippen LogP contribution >= 0.6 is 0 Å². The van der Waals surface area contributed by atoms with Gasteiger partial charge in [0.05, 0.1) is 12.7 Å². The molecule has 0 saturated heterocycles. The number of hydrogen-bond acceptors (Lipinski definition) is 6. The van der Waals surface area contributed by atoms with Crippen LogP contribution in [0.25, 0.3) is 5.57 Å². The molecule has 4 N–H and O–H groups in total. The van der Waals surface area contributed by atoms with Gasteiger partial charge in [-0.25, -0.2) is 9.37 Å². The number of nitrogens with zero attached hydrogens (tertiary/aromatic N) is 1. The number of methoxy groups -OCH3 is 1. The summed E-state index contributed by atoms with van der Waals surface area (Å²) in [4.78, 5) is 16.3. The van der Waals surface area contributed by atoms with Crippen molar-refractivity contribution in [1.29, 1.82) is 0 Å². The largest absolute Gasteiger partial charge is 0.494 e. The first-order valence-corrected chi connectivity index (χ1v) is 9.18. The van der Waals surface area contributed by atoms with Crippen LogP contribution in [0.2, 0.25) is 0 Å². The Hall–Kier alpha value is -3.81. The van der Waals surface area contributed by atoms with Gasteiger partial charge in [-0.15, -0.1) is 0 Å². The molecule has 8 heteroatoms. The molecule has 0 aliphatic carbocycles. The summed E-state index contributed by atoms with van der Waals surface area (Å²) in [6, 6.07) is 3.49. The van der Waals surface area contributed by atoms with Gasteiger partial charge in [0, 0.05) is 18.8 Å². The first kappa shape index (κ1) is 20.9. The summed E-state index contributed by atoms with van der Waals surface area (Å²) in [6.45, 7) is 7.46. The zero-order chi connectivity index (χ0) is 22.0. The first-order valence-electron chi connectivity index (χ1n) is 9.18. The number of nitrogen functional groups attached to an aromatic ring is 1. The van der Waals surface area contributed by atoms with Crippen molar-refractivity contribution in [3.63, 3.8) is 0 Å². The van der Waals surface area contributed by atoms with Gasteiger partial charge in [-0.05, 0) is 43.2 Å². The van der Waals surface area contributed by atoms with Crippen LogP contribution in [0.4, 0.5) is 21.6 Å². The zero-order valence-electron chi connectivity index (χ0n) is 17.2. The molecule has 3 rings (SSSR count). The third kappa shape index (κ3) is 3.59. The Kier molecular flexibility index (Phi) is 5.77. The molecule has 0 spiro atoms. The molecule has 0 radical (unpaired) electrons. The molecule has 2 aromatic rings. The molecule has 1 aromatic heterocycles. The van der Waals surface area contributed by atoms with Crippen molar-refractivity contribution in [2.24, 2.45) is 0 Å². The number of aromatic nitrogens is 1. The predicted octanol–water partition coefficient (Wildman–Crippen LogP) is 4.71. The molecule has 7 nitrogen and oxygen atoms in total. The summed E-state index contributed by atoms with van der Waals surface area (Å²) in [7, 11) is 3.03. The van der Waals surface area contributed by atoms with E-state index >= 15 is 0 Å². The van der Waals surface area contributed by atoms with E-state index < -0.39 is 0 Å². The second-order valence-corrected chi connectivity index (χ2v) is 6.57. The highest BCUT2D eigenvalue weighted by Crippen LogP contribution is 2.51. The number of nitrogens with one attached hydrogen (secondary N) is 2. The smallest absolute Gasteiger partial charge is 0.254 e. The quantitative estimate of drug-likeness (QED) is 0.527. The number of anilines is 3. The minimum atomic E-state index is -0.362. The Morgan fingerprint density at radius 3 is 2.73 bits per heavy atom. The van der Waals surface area contributed by atoms with Crippen LogP contribution in [0.5, 0.6) is 17.2 Å². The van der Waals surface area contributed by atoms with E-state index in [1.807, 2.05) is 0 Å². The molecule has 2 heterocycles. The monoisotopic (exact) mass is 410 g/mol. The fourth-order valence-corrected chi connectivity index (χ4v) is 3.08. The van der Waals surface area contributed by atoms with Crippen LogP contribution in [0.15, 0.2) is 48.5 Å². The highest BCUT2D eigenvalue weighted by molar-refractivity contribution is 6.04. The van der Waals surface area contributed by atoms with Gasteiger partial charge >= 0.3 is 0 Å². The van der Waals surface area contributed by atoms with Crippen LogP contribution in [-0.2, 0) is 0 Å². The lowest BCUT2D eigenvalue weighted by molar-refractivity contribution is 0.0963. The second kappa shape index (κ2) is 8.28. The van der Waals surface area contributed by atoms with Gasteiger partial charge in [0.1, 0.15) is 17.2 Å². The number of halogens is 1. The second-order valence-electron chi connectivity index (χ2n) is 6.57. The fraction of sp³-hybridized carbons (Fsp3) is 0.182. The summed E-state index contributed by atoms with van der Waals surface area (Å²) in [5.74, 6) is 0.569. The predicted molar refractivity (Wildman–Crippen MR) is 116 cm³/mol. The van der Waals surface area contributed by atoms with Crippen LogP contribution in [0.1, 0.15) is 29.8 Å². The Bertz CT molecular complexity index is 1110. The van der Waals surface area contributed by atoms with Crippen molar-refractivity contribution >= 4 is 28.7 Å². The minimum Gasteiger partial charge on any atom is -0.494 e. The van der Waals surface area contributed by atoms with E-state index in [0.29, 0.717) is 39.6 Å². The fourth-order valence-electron chi connectivity index (χ4n) is 3.08. The third-order valence-corrected chi connectivity index (χ3v) is 4.75.